The molecule has 128 valence electrons. The van der Waals surface area contributed by atoms with Gasteiger partial charge in [-0.05, 0) is 29.2 Å². The molecular formula is C20H19BrN2OS. The minimum atomic E-state index is -0.0472. The van der Waals surface area contributed by atoms with E-state index in [4.69, 9.17) is 0 Å². The van der Waals surface area contributed by atoms with Crippen LogP contribution in [-0.4, -0.2) is 10.9 Å². The van der Waals surface area contributed by atoms with Gasteiger partial charge in [0.1, 0.15) is 0 Å². The fourth-order valence-corrected chi connectivity index (χ4v) is 3.45. The van der Waals surface area contributed by atoms with Crippen molar-refractivity contribution in [1.29, 1.82) is 0 Å². The van der Waals surface area contributed by atoms with Gasteiger partial charge in [-0.15, -0.1) is 11.3 Å². The van der Waals surface area contributed by atoms with Gasteiger partial charge in [0.2, 0.25) is 5.91 Å². The quantitative estimate of drug-likeness (QED) is 0.566. The van der Waals surface area contributed by atoms with Crippen LogP contribution in [0.1, 0.15) is 30.9 Å². The monoisotopic (exact) mass is 414 g/mol. The van der Waals surface area contributed by atoms with E-state index in [0.29, 0.717) is 17.5 Å². The van der Waals surface area contributed by atoms with Crippen molar-refractivity contribution in [3.8, 4) is 11.3 Å². The summed E-state index contributed by atoms with van der Waals surface area (Å²) in [6, 6.07) is 16.2. The smallest absolute Gasteiger partial charge is 0.230 e. The summed E-state index contributed by atoms with van der Waals surface area (Å²) in [6.45, 7) is 4.32. The number of amides is 1. The third-order valence-electron chi connectivity index (χ3n) is 3.90. The highest BCUT2D eigenvalue weighted by Crippen LogP contribution is 2.26. The molecule has 1 amide bonds. The Bertz CT molecular complexity index is 854. The number of anilines is 1. The molecule has 0 unspecified atom stereocenters. The molecule has 3 aromatic rings. The van der Waals surface area contributed by atoms with E-state index in [1.54, 1.807) is 0 Å². The number of hydrogen-bond donors (Lipinski definition) is 1. The Hall–Kier alpha value is -1.98. The maximum Gasteiger partial charge on any atom is 0.230 e. The molecule has 0 aliphatic carbocycles. The first-order valence-corrected chi connectivity index (χ1v) is 9.78. The summed E-state index contributed by atoms with van der Waals surface area (Å²) in [5, 5.41) is 5.47. The molecule has 0 saturated carbocycles. The van der Waals surface area contributed by atoms with Crippen LogP contribution in [0.3, 0.4) is 0 Å². The molecule has 0 atom stereocenters. The van der Waals surface area contributed by atoms with Gasteiger partial charge in [-0.25, -0.2) is 4.98 Å². The summed E-state index contributed by atoms with van der Waals surface area (Å²) < 4.78 is 1.03. The number of hydrogen-bond acceptors (Lipinski definition) is 3. The first-order valence-electron chi connectivity index (χ1n) is 8.11. The van der Waals surface area contributed by atoms with Crippen LogP contribution in [0, 0.1) is 0 Å². The van der Waals surface area contributed by atoms with Crippen molar-refractivity contribution in [3.63, 3.8) is 0 Å². The van der Waals surface area contributed by atoms with Crippen LogP contribution in [0.5, 0.6) is 0 Å². The van der Waals surface area contributed by atoms with E-state index in [0.717, 1.165) is 21.3 Å². The van der Waals surface area contributed by atoms with E-state index < -0.39 is 0 Å². The molecule has 2 aromatic carbocycles. The molecule has 25 heavy (non-hydrogen) atoms. The number of carbonyl (C=O) groups excluding carboxylic acids is 1. The van der Waals surface area contributed by atoms with Crippen LogP contribution in [0.2, 0.25) is 0 Å². The number of thiazole rings is 1. The summed E-state index contributed by atoms with van der Waals surface area (Å²) in [5.74, 6) is 0.448. The Morgan fingerprint density at radius 1 is 1.12 bits per heavy atom. The first kappa shape index (κ1) is 17.8. The second-order valence-corrected chi connectivity index (χ2v) is 7.94. The summed E-state index contributed by atoms with van der Waals surface area (Å²) in [5.41, 5.74) is 4.19. The number of carbonyl (C=O) groups is 1. The van der Waals surface area contributed by atoms with Gasteiger partial charge in [0.25, 0.3) is 0 Å². The van der Waals surface area contributed by atoms with Crippen LogP contribution < -0.4 is 5.32 Å². The molecule has 1 N–H and O–H groups in total. The Morgan fingerprint density at radius 2 is 1.80 bits per heavy atom. The molecule has 0 fully saturated rings. The van der Waals surface area contributed by atoms with E-state index in [9.17, 15) is 4.79 Å². The predicted octanol–water partition coefficient (Wildman–Crippen LogP) is 5.88. The lowest BCUT2D eigenvalue weighted by molar-refractivity contribution is -0.115. The Morgan fingerprint density at radius 3 is 2.44 bits per heavy atom. The number of rotatable bonds is 5. The van der Waals surface area contributed by atoms with Gasteiger partial charge in [0.15, 0.2) is 5.13 Å². The molecule has 0 radical (unpaired) electrons. The highest BCUT2D eigenvalue weighted by atomic mass is 79.9. The van der Waals surface area contributed by atoms with Crippen LogP contribution in [-0.2, 0) is 11.2 Å². The van der Waals surface area contributed by atoms with Crippen molar-refractivity contribution in [1.82, 2.24) is 4.98 Å². The SMILES string of the molecule is CC(C)c1ccc(CC(=O)Nc2nc(-c3ccc(Br)cc3)cs2)cc1. The zero-order valence-electron chi connectivity index (χ0n) is 14.1. The van der Waals surface area contributed by atoms with Gasteiger partial charge in [-0.3, -0.25) is 4.79 Å². The summed E-state index contributed by atoms with van der Waals surface area (Å²) in [6.07, 6.45) is 0.353. The summed E-state index contributed by atoms with van der Waals surface area (Å²) in [7, 11) is 0. The summed E-state index contributed by atoms with van der Waals surface area (Å²) in [4.78, 5) is 16.7. The zero-order chi connectivity index (χ0) is 17.8. The Kier molecular flexibility index (Phi) is 5.66. The van der Waals surface area contributed by atoms with Crippen LogP contribution in [0.15, 0.2) is 58.4 Å². The number of benzene rings is 2. The van der Waals surface area contributed by atoms with Crippen LogP contribution in [0.4, 0.5) is 5.13 Å². The van der Waals surface area contributed by atoms with Crippen LogP contribution >= 0.6 is 27.3 Å². The first-order chi connectivity index (χ1) is 12.0. The predicted molar refractivity (Wildman–Crippen MR) is 108 cm³/mol. The molecule has 0 aliphatic heterocycles. The number of halogens is 1. The van der Waals surface area contributed by atoms with Gasteiger partial charge in [-0.2, -0.15) is 0 Å². The lowest BCUT2D eigenvalue weighted by Gasteiger charge is -2.06. The minimum absolute atomic E-state index is 0.0472. The highest BCUT2D eigenvalue weighted by Gasteiger charge is 2.09. The van der Waals surface area contributed by atoms with Gasteiger partial charge < -0.3 is 5.32 Å². The largest absolute Gasteiger partial charge is 0.302 e. The van der Waals surface area contributed by atoms with Crippen molar-refractivity contribution in [3.05, 3.63) is 69.5 Å². The van der Waals surface area contributed by atoms with Gasteiger partial charge in [0.05, 0.1) is 12.1 Å². The summed E-state index contributed by atoms with van der Waals surface area (Å²) >= 11 is 4.86. The van der Waals surface area contributed by atoms with Gasteiger partial charge >= 0.3 is 0 Å². The third kappa shape index (κ3) is 4.77. The third-order valence-corrected chi connectivity index (χ3v) is 5.19. The Labute approximate surface area is 160 Å². The van der Waals surface area contributed by atoms with E-state index in [2.05, 4.69) is 52.2 Å². The molecule has 3 nitrogen and oxygen atoms in total. The number of nitrogens with one attached hydrogen (secondary N) is 1. The second kappa shape index (κ2) is 7.93. The zero-order valence-corrected chi connectivity index (χ0v) is 16.5. The fourth-order valence-electron chi connectivity index (χ4n) is 2.45. The molecule has 1 heterocycles. The van der Waals surface area contributed by atoms with E-state index in [1.807, 2.05) is 41.8 Å². The highest BCUT2D eigenvalue weighted by molar-refractivity contribution is 9.10. The number of nitrogens with zero attached hydrogens (tertiary/aromatic N) is 1. The lowest BCUT2D eigenvalue weighted by Crippen LogP contribution is -2.14. The molecule has 0 bridgehead atoms. The van der Waals surface area contributed by atoms with Crippen molar-refractivity contribution in [2.45, 2.75) is 26.2 Å². The average molecular weight is 415 g/mol. The van der Waals surface area contributed by atoms with E-state index in [-0.39, 0.29) is 5.91 Å². The minimum Gasteiger partial charge on any atom is -0.302 e. The van der Waals surface area contributed by atoms with Crippen molar-refractivity contribution >= 4 is 38.3 Å². The van der Waals surface area contributed by atoms with Crippen molar-refractivity contribution in [2.75, 3.05) is 5.32 Å². The van der Waals surface area contributed by atoms with Gasteiger partial charge in [0, 0.05) is 15.4 Å². The van der Waals surface area contributed by atoms with E-state index in [1.165, 1.54) is 16.9 Å². The van der Waals surface area contributed by atoms with Crippen molar-refractivity contribution in [2.24, 2.45) is 0 Å². The normalized spacial score (nSPS) is 10.9. The molecule has 1 aromatic heterocycles. The molecule has 5 heteroatoms. The second-order valence-electron chi connectivity index (χ2n) is 6.17. The standard InChI is InChI=1S/C20H19BrN2OS/c1-13(2)15-5-3-14(4-6-15)11-19(24)23-20-22-18(12-25-20)16-7-9-17(21)10-8-16/h3-10,12-13H,11H2,1-2H3,(H,22,23,24). The van der Waals surface area contributed by atoms with Crippen molar-refractivity contribution < 1.29 is 4.79 Å². The van der Waals surface area contributed by atoms with Crippen LogP contribution in [0.25, 0.3) is 11.3 Å². The molecule has 0 saturated heterocycles. The maximum atomic E-state index is 12.2. The topological polar surface area (TPSA) is 42.0 Å². The molecule has 0 spiro atoms. The number of aromatic nitrogens is 1. The van der Waals surface area contributed by atoms with E-state index >= 15 is 0 Å². The molecule has 3 rings (SSSR count). The average Bonchev–Trinajstić information content (AvgIpc) is 3.04. The maximum absolute atomic E-state index is 12.2. The molecular weight excluding hydrogens is 396 g/mol. The molecule has 0 aliphatic rings. The Balaban J connectivity index is 1.62. The van der Waals surface area contributed by atoms with Gasteiger partial charge in [-0.1, -0.05) is 66.2 Å². The lowest BCUT2D eigenvalue weighted by atomic mass is 10.0. The fraction of sp³-hybridized carbons (Fsp3) is 0.200.